The SMILES string of the molecule is Cc1sc(C(=O)OC2CCCCC2C)cc1N. The number of carbonyl (C=O) groups excluding carboxylic acids is 1. The maximum absolute atomic E-state index is 12.0. The smallest absolute Gasteiger partial charge is 0.348 e. The topological polar surface area (TPSA) is 52.3 Å². The summed E-state index contributed by atoms with van der Waals surface area (Å²) < 4.78 is 5.57. The zero-order valence-corrected chi connectivity index (χ0v) is 11.2. The van der Waals surface area contributed by atoms with E-state index >= 15 is 0 Å². The fourth-order valence-electron chi connectivity index (χ4n) is 2.25. The first-order valence-electron chi connectivity index (χ1n) is 6.15. The van der Waals surface area contributed by atoms with Crippen LogP contribution in [0.4, 0.5) is 5.69 Å². The lowest BCUT2D eigenvalue weighted by Crippen LogP contribution is -2.28. The molecule has 1 saturated carbocycles. The highest BCUT2D eigenvalue weighted by molar-refractivity contribution is 7.14. The number of nitrogen functional groups attached to an aromatic ring is 1. The molecule has 2 unspecified atom stereocenters. The molecule has 2 rings (SSSR count). The van der Waals surface area contributed by atoms with Gasteiger partial charge in [0, 0.05) is 10.6 Å². The maximum atomic E-state index is 12.0. The van der Waals surface area contributed by atoms with Crippen molar-refractivity contribution in [2.45, 2.75) is 45.6 Å². The van der Waals surface area contributed by atoms with Gasteiger partial charge in [-0.2, -0.15) is 0 Å². The first kappa shape index (κ1) is 12.4. The Morgan fingerprint density at radius 1 is 1.47 bits per heavy atom. The standard InChI is InChI=1S/C13H19NO2S/c1-8-5-3-4-6-11(8)16-13(15)12-7-10(14)9(2)17-12/h7-8,11H,3-6,14H2,1-2H3. The third-order valence-electron chi connectivity index (χ3n) is 3.45. The van der Waals surface area contributed by atoms with Crippen LogP contribution in [0.5, 0.6) is 0 Å². The van der Waals surface area contributed by atoms with Crippen LogP contribution < -0.4 is 5.73 Å². The molecule has 17 heavy (non-hydrogen) atoms. The molecule has 94 valence electrons. The first-order valence-corrected chi connectivity index (χ1v) is 6.96. The van der Waals surface area contributed by atoms with E-state index in [2.05, 4.69) is 6.92 Å². The average molecular weight is 253 g/mol. The predicted molar refractivity (Wildman–Crippen MR) is 70.3 cm³/mol. The van der Waals surface area contributed by atoms with E-state index in [1.54, 1.807) is 6.07 Å². The first-order chi connectivity index (χ1) is 8.08. The van der Waals surface area contributed by atoms with E-state index < -0.39 is 0 Å². The van der Waals surface area contributed by atoms with Crippen LogP contribution in [0.25, 0.3) is 0 Å². The fourth-order valence-corrected chi connectivity index (χ4v) is 3.07. The zero-order chi connectivity index (χ0) is 12.4. The molecule has 0 bridgehead atoms. The fraction of sp³-hybridized carbons (Fsp3) is 0.615. The summed E-state index contributed by atoms with van der Waals surface area (Å²) in [5.41, 5.74) is 6.42. The number of carbonyl (C=O) groups is 1. The van der Waals surface area contributed by atoms with Gasteiger partial charge in [0.25, 0.3) is 0 Å². The summed E-state index contributed by atoms with van der Waals surface area (Å²) in [6, 6.07) is 1.72. The van der Waals surface area contributed by atoms with Crippen molar-refractivity contribution in [1.29, 1.82) is 0 Å². The Bertz CT molecular complexity index is 394. The minimum absolute atomic E-state index is 0.0832. The molecule has 0 radical (unpaired) electrons. The minimum Gasteiger partial charge on any atom is -0.458 e. The van der Waals surface area contributed by atoms with Gasteiger partial charge in [0.05, 0.1) is 0 Å². The van der Waals surface area contributed by atoms with Crippen LogP contribution in [-0.2, 0) is 4.74 Å². The van der Waals surface area contributed by atoms with Gasteiger partial charge in [-0.15, -0.1) is 11.3 Å². The highest BCUT2D eigenvalue weighted by Gasteiger charge is 2.26. The summed E-state index contributed by atoms with van der Waals surface area (Å²) in [6.45, 7) is 4.07. The number of aryl methyl sites for hydroxylation is 1. The Labute approximate surface area is 106 Å². The number of ether oxygens (including phenoxy) is 1. The lowest BCUT2D eigenvalue weighted by Gasteiger charge is -2.28. The summed E-state index contributed by atoms with van der Waals surface area (Å²) in [4.78, 5) is 13.6. The van der Waals surface area contributed by atoms with E-state index in [9.17, 15) is 4.79 Å². The summed E-state index contributed by atoms with van der Waals surface area (Å²) >= 11 is 1.41. The van der Waals surface area contributed by atoms with Gasteiger partial charge in [-0.25, -0.2) is 4.79 Å². The quantitative estimate of drug-likeness (QED) is 0.822. The summed E-state index contributed by atoms with van der Waals surface area (Å²) in [6.07, 6.45) is 4.64. The Morgan fingerprint density at radius 3 is 2.76 bits per heavy atom. The molecule has 1 heterocycles. The summed E-state index contributed by atoms with van der Waals surface area (Å²) in [5.74, 6) is 0.264. The monoisotopic (exact) mass is 253 g/mol. The zero-order valence-electron chi connectivity index (χ0n) is 10.4. The van der Waals surface area contributed by atoms with Crippen molar-refractivity contribution < 1.29 is 9.53 Å². The molecule has 0 saturated heterocycles. The van der Waals surface area contributed by atoms with Crippen molar-refractivity contribution in [3.05, 3.63) is 15.8 Å². The van der Waals surface area contributed by atoms with Gasteiger partial charge in [-0.3, -0.25) is 0 Å². The molecule has 0 amide bonds. The second-order valence-corrected chi connectivity index (χ2v) is 6.08. The van der Waals surface area contributed by atoms with Crippen LogP contribution in [0.3, 0.4) is 0 Å². The Balaban J connectivity index is 2.01. The van der Waals surface area contributed by atoms with Crippen LogP contribution >= 0.6 is 11.3 Å². The van der Waals surface area contributed by atoms with E-state index in [4.69, 9.17) is 10.5 Å². The van der Waals surface area contributed by atoms with Crippen molar-refractivity contribution in [1.82, 2.24) is 0 Å². The lowest BCUT2D eigenvalue weighted by molar-refractivity contribution is 0.00534. The van der Waals surface area contributed by atoms with Gasteiger partial charge in [-0.1, -0.05) is 13.3 Å². The molecule has 0 aromatic carbocycles. The second kappa shape index (κ2) is 5.08. The Kier molecular flexibility index (Phi) is 3.72. The predicted octanol–water partition coefficient (Wildman–Crippen LogP) is 3.37. The normalized spacial score (nSPS) is 24.6. The maximum Gasteiger partial charge on any atom is 0.348 e. The molecule has 1 aromatic rings. The van der Waals surface area contributed by atoms with E-state index in [0.29, 0.717) is 16.5 Å². The van der Waals surface area contributed by atoms with Gasteiger partial charge >= 0.3 is 5.97 Å². The Hall–Kier alpha value is -1.03. The lowest BCUT2D eigenvalue weighted by atomic mass is 9.88. The number of thiophene rings is 1. The third-order valence-corrected chi connectivity index (χ3v) is 4.49. The molecule has 1 fully saturated rings. The van der Waals surface area contributed by atoms with Crippen molar-refractivity contribution in [2.75, 3.05) is 5.73 Å². The van der Waals surface area contributed by atoms with Crippen LogP contribution in [-0.4, -0.2) is 12.1 Å². The van der Waals surface area contributed by atoms with Gasteiger partial charge in [0.2, 0.25) is 0 Å². The van der Waals surface area contributed by atoms with E-state index in [1.165, 1.54) is 17.8 Å². The molecule has 2 atom stereocenters. The van der Waals surface area contributed by atoms with E-state index in [1.807, 2.05) is 6.92 Å². The molecule has 3 nitrogen and oxygen atoms in total. The second-order valence-electron chi connectivity index (χ2n) is 4.83. The van der Waals surface area contributed by atoms with Crippen LogP contribution in [0, 0.1) is 12.8 Å². The third kappa shape index (κ3) is 2.80. The van der Waals surface area contributed by atoms with E-state index in [-0.39, 0.29) is 12.1 Å². The molecule has 4 heteroatoms. The van der Waals surface area contributed by atoms with Crippen LogP contribution in [0.2, 0.25) is 0 Å². The number of rotatable bonds is 2. The number of nitrogens with two attached hydrogens (primary N) is 1. The van der Waals surface area contributed by atoms with E-state index in [0.717, 1.165) is 24.1 Å². The highest BCUT2D eigenvalue weighted by atomic mass is 32.1. The molecule has 1 aliphatic carbocycles. The van der Waals surface area contributed by atoms with Crippen molar-refractivity contribution in [3.63, 3.8) is 0 Å². The molecular weight excluding hydrogens is 234 g/mol. The summed E-state index contributed by atoms with van der Waals surface area (Å²) in [7, 11) is 0. The summed E-state index contributed by atoms with van der Waals surface area (Å²) in [5, 5.41) is 0. The van der Waals surface area contributed by atoms with Crippen molar-refractivity contribution >= 4 is 23.0 Å². The molecule has 0 spiro atoms. The van der Waals surface area contributed by atoms with Crippen molar-refractivity contribution in [3.8, 4) is 0 Å². The van der Waals surface area contributed by atoms with Gasteiger partial charge < -0.3 is 10.5 Å². The number of esters is 1. The molecule has 1 aromatic heterocycles. The molecule has 0 aliphatic heterocycles. The van der Waals surface area contributed by atoms with Crippen LogP contribution in [0.15, 0.2) is 6.07 Å². The average Bonchev–Trinajstić information content (AvgIpc) is 2.63. The Morgan fingerprint density at radius 2 is 2.18 bits per heavy atom. The largest absolute Gasteiger partial charge is 0.458 e. The van der Waals surface area contributed by atoms with Gasteiger partial charge in [0.1, 0.15) is 11.0 Å². The number of anilines is 1. The number of hydrogen-bond acceptors (Lipinski definition) is 4. The minimum atomic E-state index is -0.214. The van der Waals surface area contributed by atoms with Crippen LogP contribution in [0.1, 0.15) is 47.2 Å². The molecule has 1 aliphatic rings. The van der Waals surface area contributed by atoms with Gasteiger partial charge in [-0.05, 0) is 38.2 Å². The van der Waals surface area contributed by atoms with Gasteiger partial charge in [0.15, 0.2) is 0 Å². The molecule has 2 N–H and O–H groups in total. The van der Waals surface area contributed by atoms with Crippen molar-refractivity contribution in [2.24, 2.45) is 5.92 Å². The molecular formula is C13H19NO2S. The highest BCUT2D eigenvalue weighted by Crippen LogP contribution is 2.29. The number of hydrogen-bond donors (Lipinski definition) is 1.